The third-order valence-corrected chi connectivity index (χ3v) is 3.45. The second kappa shape index (κ2) is 9.41. The minimum Gasteiger partial charge on any atom is -0.497 e. The van der Waals surface area contributed by atoms with E-state index in [1.54, 1.807) is 14.2 Å². The van der Waals surface area contributed by atoms with Crippen LogP contribution in [0.15, 0.2) is 18.2 Å². The summed E-state index contributed by atoms with van der Waals surface area (Å²) in [6.45, 7) is 7.15. The van der Waals surface area contributed by atoms with Crippen molar-refractivity contribution in [3.8, 4) is 17.6 Å². The van der Waals surface area contributed by atoms with Gasteiger partial charge in [0.2, 0.25) is 0 Å². The quantitative estimate of drug-likeness (QED) is 0.779. The lowest BCUT2D eigenvalue weighted by Gasteiger charge is -2.27. The van der Waals surface area contributed by atoms with Gasteiger partial charge in [0.25, 0.3) is 0 Å². The second-order valence-corrected chi connectivity index (χ2v) is 4.90. The second-order valence-electron chi connectivity index (χ2n) is 4.90. The Morgan fingerprint density at radius 3 is 2.67 bits per heavy atom. The van der Waals surface area contributed by atoms with Crippen LogP contribution in [0.25, 0.3) is 0 Å². The molecule has 1 aromatic rings. The first-order valence-corrected chi connectivity index (χ1v) is 7.25. The topological polar surface area (TPSA) is 47.7 Å². The molecule has 1 unspecified atom stereocenters. The number of hydrogen-bond acceptors (Lipinski definition) is 4. The fourth-order valence-electron chi connectivity index (χ4n) is 2.24. The highest BCUT2D eigenvalue weighted by molar-refractivity contribution is 5.45. The Kier molecular flexibility index (Phi) is 7.84. The predicted molar refractivity (Wildman–Crippen MR) is 86.3 cm³/mol. The van der Waals surface area contributed by atoms with E-state index < -0.39 is 0 Å². The molecule has 2 N–H and O–H groups in total. The molecule has 21 heavy (non-hydrogen) atoms. The van der Waals surface area contributed by atoms with Crippen LogP contribution in [0.4, 0.5) is 0 Å². The zero-order valence-electron chi connectivity index (χ0n) is 13.5. The van der Waals surface area contributed by atoms with E-state index >= 15 is 0 Å². The number of likely N-dealkylation sites (N-methyl/N-ethyl adjacent to an activating group) is 1. The maximum Gasteiger partial charge on any atom is 0.119 e. The predicted octanol–water partition coefficient (Wildman–Crippen LogP) is 1.86. The Morgan fingerprint density at radius 1 is 1.33 bits per heavy atom. The molecule has 0 amide bonds. The van der Waals surface area contributed by atoms with Crippen LogP contribution < -0.4 is 10.5 Å². The van der Waals surface area contributed by atoms with Crippen molar-refractivity contribution in [2.45, 2.75) is 26.4 Å². The third kappa shape index (κ3) is 5.39. The zero-order chi connectivity index (χ0) is 15.7. The van der Waals surface area contributed by atoms with E-state index in [2.05, 4.69) is 30.6 Å². The molecule has 4 nitrogen and oxygen atoms in total. The van der Waals surface area contributed by atoms with Crippen LogP contribution in [0, 0.1) is 11.8 Å². The number of benzene rings is 1. The highest BCUT2D eigenvalue weighted by atomic mass is 16.5. The molecule has 0 bridgehead atoms. The average Bonchev–Trinajstić information content (AvgIpc) is 2.51. The molecule has 0 radical (unpaired) electrons. The summed E-state index contributed by atoms with van der Waals surface area (Å²) in [6, 6.07) is 6.31. The largest absolute Gasteiger partial charge is 0.497 e. The van der Waals surface area contributed by atoms with E-state index in [9.17, 15) is 0 Å². The number of ether oxygens (including phenoxy) is 2. The molecule has 0 aliphatic carbocycles. The smallest absolute Gasteiger partial charge is 0.119 e. The van der Waals surface area contributed by atoms with Crippen molar-refractivity contribution >= 4 is 0 Å². The first kappa shape index (κ1) is 17.5. The van der Waals surface area contributed by atoms with Crippen LogP contribution in [0.3, 0.4) is 0 Å². The van der Waals surface area contributed by atoms with Crippen LogP contribution in [0.2, 0.25) is 0 Å². The SMILES string of the molecule is CCN(Cc1cc(OC)ccc1C#CCN)C(C)COC. The van der Waals surface area contributed by atoms with Gasteiger partial charge in [-0.2, -0.15) is 0 Å². The molecule has 1 rings (SSSR count). The molecule has 116 valence electrons. The van der Waals surface area contributed by atoms with Gasteiger partial charge in [-0.3, -0.25) is 4.90 Å². The maximum atomic E-state index is 5.47. The fourth-order valence-corrected chi connectivity index (χ4v) is 2.24. The summed E-state index contributed by atoms with van der Waals surface area (Å²) in [7, 11) is 3.41. The van der Waals surface area contributed by atoms with Crippen molar-refractivity contribution in [3.63, 3.8) is 0 Å². The lowest BCUT2D eigenvalue weighted by Crippen LogP contribution is -2.35. The van der Waals surface area contributed by atoms with Gasteiger partial charge in [-0.05, 0) is 37.2 Å². The van der Waals surface area contributed by atoms with E-state index in [-0.39, 0.29) is 0 Å². The molecule has 0 aliphatic rings. The molecule has 4 heteroatoms. The Morgan fingerprint density at radius 2 is 2.10 bits per heavy atom. The lowest BCUT2D eigenvalue weighted by atomic mass is 10.1. The van der Waals surface area contributed by atoms with Crippen molar-refractivity contribution < 1.29 is 9.47 Å². The maximum absolute atomic E-state index is 5.47. The molecule has 0 saturated heterocycles. The lowest BCUT2D eigenvalue weighted by molar-refractivity contribution is 0.0981. The summed E-state index contributed by atoms with van der Waals surface area (Å²) in [4.78, 5) is 2.35. The van der Waals surface area contributed by atoms with Gasteiger partial charge in [0.1, 0.15) is 5.75 Å². The summed E-state index contributed by atoms with van der Waals surface area (Å²) in [5.74, 6) is 6.90. The fraction of sp³-hybridized carbons (Fsp3) is 0.529. The average molecular weight is 290 g/mol. The van der Waals surface area contributed by atoms with Crippen molar-refractivity contribution in [2.75, 3.05) is 33.9 Å². The molecule has 0 heterocycles. The summed E-state index contributed by atoms with van der Waals surface area (Å²) in [6.07, 6.45) is 0. The summed E-state index contributed by atoms with van der Waals surface area (Å²) in [5.41, 5.74) is 7.63. The van der Waals surface area contributed by atoms with Gasteiger partial charge in [-0.15, -0.1) is 0 Å². The van der Waals surface area contributed by atoms with Crippen molar-refractivity contribution in [2.24, 2.45) is 5.73 Å². The summed E-state index contributed by atoms with van der Waals surface area (Å²) in [5, 5.41) is 0. The normalized spacial score (nSPS) is 11.9. The van der Waals surface area contributed by atoms with Crippen LogP contribution in [-0.2, 0) is 11.3 Å². The zero-order valence-corrected chi connectivity index (χ0v) is 13.5. The molecule has 1 atom stereocenters. The van der Waals surface area contributed by atoms with Gasteiger partial charge in [0.05, 0.1) is 20.3 Å². The molecule has 0 aliphatic heterocycles. The number of methoxy groups -OCH3 is 2. The van der Waals surface area contributed by atoms with E-state index in [0.717, 1.165) is 30.0 Å². The van der Waals surface area contributed by atoms with Gasteiger partial charge < -0.3 is 15.2 Å². The minimum absolute atomic E-state index is 0.349. The van der Waals surface area contributed by atoms with E-state index in [4.69, 9.17) is 15.2 Å². The summed E-state index contributed by atoms with van der Waals surface area (Å²) < 4.78 is 10.6. The van der Waals surface area contributed by atoms with Gasteiger partial charge in [0.15, 0.2) is 0 Å². The number of nitrogens with zero attached hydrogens (tertiary/aromatic N) is 1. The third-order valence-electron chi connectivity index (χ3n) is 3.45. The Balaban J connectivity index is 3.01. The van der Waals surface area contributed by atoms with E-state index in [1.165, 1.54) is 0 Å². The first-order chi connectivity index (χ1) is 10.2. The van der Waals surface area contributed by atoms with Crippen molar-refractivity contribution in [1.82, 2.24) is 4.90 Å². The Hall–Kier alpha value is -1.54. The minimum atomic E-state index is 0.349. The number of rotatable bonds is 7. The Labute approximate surface area is 128 Å². The van der Waals surface area contributed by atoms with Gasteiger partial charge in [-0.25, -0.2) is 0 Å². The molecular formula is C17H26N2O2. The molecule has 1 aromatic carbocycles. The Bertz CT molecular complexity index is 491. The molecule has 0 fully saturated rings. The van der Waals surface area contributed by atoms with Crippen LogP contribution in [-0.4, -0.2) is 44.9 Å². The van der Waals surface area contributed by atoms with Crippen molar-refractivity contribution in [1.29, 1.82) is 0 Å². The number of nitrogens with two attached hydrogens (primary N) is 1. The van der Waals surface area contributed by atoms with Crippen LogP contribution in [0.1, 0.15) is 25.0 Å². The van der Waals surface area contributed by atoms with Crippen LogP contribution >= 0.6 is 0 Å². The van der Waals surface area contributed by atoms with Crippen LogP contribution in [0.5, 0.6) is 5.75 Å². The van der Waals surface area contributed by atoms with E-state index in [1.807, 2.05) is 18.2 Å². The standard InChI is InChI=1S/C17H26N2O2/c1-5-19(14(2)13-20-3)12-16-11-17(21-4)9-8-15(16)7-6-10-18/h8-9,11,14H,5,10,12-13,18H2,1-4H3. The monoisotopic (exact) mass is 290 g/mol. The molecule has 0 aromatic heterocycles. The van der Waals surface area contributed by atoms with Gasteiger partial charge >= 0.3 is 0 Å². The summed E-state index contributed by atoms with van der Waals surface area (Å²) >= 11 is 0. The van der Waals surface area contributed by atoms with Crippen molar-refractivity contribution in [3.05, 3.63) is 29.3 Å². The highest BCUT2D eigenvalue weighted by Gasteiger charge is 2.14. The molecule has 0 saturated carbocycles. The van der Waals surface area contributed by atoms with Gasteiger partial charge in [-0.1, -0.05) is 18.8 Å². The van der Waals surface area contributed by atoms with E-state index in [0.29, 0.717) is 19.2 Å². The molecule has 0 spiro atoms. The highest BCUT2D eigenvalue weighted by Crippen LogP contribution is 2.20. The van der Waals surface area contributed by atoms with Gasteiger partial charge in [0, 0.05) is 25.3 Å². The first-order valence-electron chi connectivity index (χ1n) is 7.25. The molecular weight excluding hydrogens is 264 g/mol. The number of hydrogen-bond donors (Lipinski definition) is 1.